The van der Waals surface area contributed by atoms with Crippen LogP contribution in [-0.2, 0) is 4.79 Å². The average molecular weight is 315 g/mol. The summed E-state index contributed by atoms with van der Waals surface area (Å²) in [5, 5.41) is 0. The fraction of sp³-hybridized carbons (Fsp3) is 0.273. The van der Waals surface area contributed by atoms with E-state index in [0.717, 1.165) is 42.7 Å². The van der Waals surface area contributed by atoms with E-state index < -0.39 is 0 Å². The van der Waals surface area contributed by atoms with Crippen LogP contribution < -0.4 is 0 Å². The lowest BCUT2D eigenvalue weighted by molar-refractivity contribution is -0.120. The zero-order valence-electron chi connectivity index (χ0n) is 13.7. The normalized spacial score (nSPS) is 17.1. The highest BCUT2D eigenvalue weighted by atomic mass is 16.1. The molecule has 1 aliphatic carbocycles. The monoisotopic (exact) mass is 315 g/mol. The summed E-state index contributed by atoms with van der Waals surface area (Å²) in [4.78, 5) is 16.9. The summed E-state index contributed by atoms with van der Waals surface area (Å²) in [6, 6.07) is 20.8. The van der Waals surface area contributed by atoms with Crippen molar-refractivity contribution in [2.24, 2.45) is 10.9 Å². The van der Waals surface area contributed by atoms with Gasteiger partial charge in [0.05, 0.1) is 5.70 Å². The number of carbonyl (C=O) groups is 1. The molecule has 2 aromatic carbocycles. The minimum Gasteiger partial charge on any atom is -0.299 e. The first-order chi connectivity index (χ1) is 11.8. The lowest BCUT2D eigenvalue weighted by Crippen LogP contribution is -2.04. The smallest absolute Gasteiger partial charge is 0.136 e. The van der Waals surface area contributed by atoms with Crippen LogP contribution in [0.25, 0.3) is 11.3 Å². The second-order valence-electron chi connectivity index (χ2n) is 6.65. The van der Waals surface area contributed by atoms with Crippen molar-refractivity contribution >= 4 is 22.8 Å². The number of hydrogen-bond donors (Lipinski definition) is 0. The molecule has 0 N–H and O–H groups in total. The van der Waals surface area contributed by atoms with Gasteiger partial charge in [-0.3, -0.25) is 9.79 Å². The Labute approximate surface area is 142 Å². The number of nitrogens with zero attached hydrogens (tertiary/aromatic N) is 1. The Morgan fingerprint density at radius 1 is 0.917 bits per heavy atom. The third-order valence-corrected chi connectivity index (χ3v) is 4.80. The van der Waals surface area contributed by atoms with Gasteiger partial charge in [0.2, 0.25) is 0 Å². The lowest BCUT2D eigenvalue weighted by Gasteiger charge is -2.06. The fourth-order valence-corrected chi connectivity index (χ4v) is 3.29. The van der Waals surface area contributed by atoms with Crippen LogP contribution in [0.15, 0.2) is 65.7 Å². The maximum atomic E-state index is 12.0. The summed E-state index contributed by atoms with van der Waals surface area (Å²) < 4.78 is 0. The van der Waals surface area contributed by atoms with Crippen molar-refractivity contribution in [2.75, 3.05) is 0 Å². The van der Waals surface area contributed by atoms with Crippen LogP contribution >= 0.6 is 0 Å². The molecule has 2 aromatic rings. The molecule has 0 bridgehead atoms. The predicted molar refractivity (Wildman–Crippen MR) is 98.7 cm³/mol. The Kier molecular flexibility index (Phi) is 4.12. The van der Waals surface area contributed by atoms with Crippen molar-refractivity contribution in [3.63, 3.8) is 0 Å². The number of aliphatic imine (C=N–C) groups is 1. The van der Waals surface area contributed by atoms with Crippen LogP contribution in [0.1, 0.15) is 43.2 Å². The SMILES string of the molecule is O=C(CCC1=NC(c2ccccc2)=C(c2ccccc2)C1)C1CC1. The Hall–Kier alpha value is -2.48. The molecule has 1 fully saturated rings. The van der Waals surface area contributed by atoms with Gasteiger partial charge in [-0.25, -0.2) is 0 Å². The van der Waals surface area contributed by atoms with E-state index in [-0.39, 0.29) is 0 Å². The number of ketones is 1. The van der Waals surface area contributed by atoms with Crippen molar-refractivity contribution < 1.29 is 4.79 Å². The van der Waals surface area contributed by atoms with Crippen molar-refractivity contribution in [1.82, 2.24) is 0 Å². The molecule has 4 rings (SSSR count). The zero-order valence-corrected chi connectivity index (χ0v) is 13.7. The van der Waals surface area contributed by atoms with E-state index in [2.05, 4.69) is 48.5 Å². The van der Waals surface area contributed by atoms with Gasteiger partial charge < -0.3 is 0 Å². The highest BCUT2D eigenvalue weighted by molar-refractivity contribution is 6.10. The quantitative estimate of drug-likeness (QED) is 0.724. The van der Waals surface area contributed by atoms with Crippen molar-refractivity contribution in [1.29, 1.82) is 0 Å². The van der Waals surface area contributed by atoms with Gasteiger partial charge in [0.15, 0.2) is 0 Å². The molecule has 0 atom stereocenters. The Balaban J connectivity index is 1.59. The Bertz CT molecular complexity index is 798. The minimum absolute atomic E-state index is 0.349. The summed E-state index contributed by atoms with van der Waals surface area (Å²) in [6.07, 6.45) is 4.48. The molecule has 0 spiro atoms. The number of benzene rings is 2. The van der Waals surface area contributed by atoms with Crippen molar-refractivity contribution in [3.8, 4) is 0 Å². The molecular weight excluding hydrogens is 294 g/mol. The topological polar surface area (TPSA) is 29.4 Å². The van der Waals surface area contributed by atoms with E-state index in [0.29, 0.717) is 18.1 Å². The van der Waals surface area contributed by atoms with Gasteiger partial charge in [-0.1, -0.05) is 60.7 Å². The Morgan fingerprint density at radius 3 is 2.17 bits per heavy atom. The predicted octanol–water partition coefficient (Wildman–Crippen LogP) is 5.16. The van der Waals surface area contributed by atoms with Crippen molar-refractivity contribution in [3.05, 3.63) is 71.8 Å². The van der Waals surface area contributed by atoms with Gasteiger partial charge in [0.25, 0.3) is 0 Å². The molecule has 0 saturated heterocycles. The summed E-state index contributed by atoms with van der Waals surface area (Å²) in [7, 11) is 0. The van der Waals surface area contributed by atoms with Gasteiger partial charge >= 0.3 is 0 Å². The largest absolute Gasteiger partial charge is 0.299 e. The van der Waals surface area contributed by atoms with Crippen LogP contribution in [0.5, 0.6) is 0 Å². The second-order valence-corrected chi connectivity index (χ2v) is 6.65. The van der Waals surface area contributed by atoms with Crippen LogP contribution in [-0.4, -0.2) is 11.5 Å². The molecule has 0 radical (unpaired) electrons. The summed E-state index contributed by atoms with van der Waals surface area (Å²) >= 11 is 0. The number of carbonyl (C=O) groups excluding carboxylic acids is 1. The molecular formula is C22H21NO. The highest BCUT2D eigenvalue weighted by Gasteiger charge is 2.29. The molecule has 0 aromatic heterocycles. The maximum absolute atomic E-state index is 12.0. The average Bonchev–Trinajstić information content (AvgIpc) is 3.41. The minimum atomic E-state index is 0.349. The molecule has 120 valence electrons. The van der Waals surface area contributed by atoms with E-state index in [9.17, 15) is 4.79 Å². The van der Waals surface area contributed by atoms with E-state index in [1.807, 2.05) is 12.1 Å². The molecule has 1 aliphatic heterocycles. The van der Waals surface area contributed by atoms with Crippen LogP contribution in [0.4, 0.5) is 0 Å². The zero-order chi connectivity index (χ0) is 16.4. The first-order valence-electron chi connectivity index (χ1n) is 8.74. The standard InChI is InChI=1S/C22H21NO/c24-21(17-11-12-17)14-13-19-15-20(16-7-3-1-4-8-16)22(23-19)18-9-5-2-6-10-18/h1-10,17H,11-15H2. The number of hydrogen-bond acceptors (Lipinski definition) is 2. The van der Waals surface area contributed by atoms with Gasteiger partial charge in [0.1, 0.15) is 5.78 Å². The van der Waals surface area contributed by atoms with Gasteiger partial charge in [-0.05, 0) is 30.4 Å². The molecule has 24 heavy (non-hydrogen) atoms. The van der Waals surface area contributed by atoms with Gasteiger partial charge in [-0.2, -0.15) is 0 Å². The second kappa shape index (κ2) is 6.56. The summed E-state index contributed by atoms with van der Waals surface area (Å²) in [6.45, 7) is 0. The molecule has 0 unspecified atom stereocenters. The number of rotatable bonds is 6. The fourth-order valence-electron chi connectivity index (χ4n) is 3.29. The molecule has 1 saturated carbocycles. The molecule has 2 heteroatoms. The molecule has 0 amide bonds. The van der Waals surface area contributed by atoms with Crippen LogP contribution in [0, 0.1) is 5.92 Å². The first kappa shape index (κ1) is 15.1. The highest BCUT2D eigenvalue weighted by Crippen LogP contribution is 2.37. The third-order valence-electron chi connectivity index (χ3n) is 4.80. The first-order valence-corrected chi connectivity index (χ1v) is 8.74. The van der Waals surface area contributed by atoms with E-state index in [4.69, 9.17) is 4.99 Å². The van der Waals surface area contributed by atoms with Crippen LogP contribution in [0.3, 0.4) is 0 Å². The lowest BCUT2D eigenvalue weighted by atomic mass is 9.96. The Morgan fingerprint density at radius 2 is 1.54 bits per heavy atom. The maximum Gasteiger partial charge on any atom is 0.136 e. The number of allylic oxidation sites excluding steroid dienone is 1. The molecule has 2 aliphatic rings. The van der Waals surface area contributed by atoms with E-state index >= 15 is 0 Å². The molecule has 2 nitrogen and oxygen atoms in total. The van der Waals surface area contributed by atoms with Crippen LogP contribution in [0.2, 0.25) is 0 Å². The van der Waals surface area contributed by atoms with Crippen molar-refractivity contribution in [2.45, 2.75) is 32.1 Å². The third kappa shape index (κ3) is 3.23. The summed E-state index contributed by atoms with van der Waals surface area (Å²) in [5.74, 6) is 0.772. The van der Waals surface area contributed by atoms with Gasteiger partial charge in [-0.15, -0.1) is 0 Å². The molecule has 1 heterocycles. The van der Waals surface area contributed by atoms with E-state index in [1.165, 1.54) is 11.1 Å². The van der Waals surface area contributed by atoms with Gasteiger partial charge in [0, 0.05) is 30.0 Å². The van der Waals surface area contributed by atoms with E-state index in [1.54, 1.807) is 0 Å². The number of Topliss-reactive ketones (excluding diaryl/α,β-unsaturated/α-hetero) is 1. The summed E-state index contributed by atoms with van der Waals surface area (Å²) in [5.41, 5.74) is 5.86.